The third-order valence-corrected chi connectivity index (χ3v) is 4.76. The molecule has 1 aromatic heterocycles. The summed E-state index contributed by atoms with van der Waals surface area (Å²) in [6, 6.07) is 10.0. The molecule has 0 saturated carbocycles. The normalized spacial score (nSPS) is 14.3. The van der Waals surface area contributed by atoms with E-state index in [1.165, 1.54) is 12.1 Å². The Kier molecular flexibility index (Phi) is 4.24. The molecule has 0 bridgehead atoms. The Bertz CT molecular complexity index is 963. The zero-order chi connectivity index (χ0) is 17.3. The van der Waals surface area contributed by atoms with Crippen LogP contribution in [0.1, 0.15) is 11.4 Å². The van der Waals surface area contributed by atoms with E-state index in [4.69, 9.17) is 0 Å². The second kappa shape index (κ2) is 6.21. The number of aromatic amines is 1. The number of hydrogen-bond donors (Lipinski definition) is 2. The molecule has 0 aliphatic carbocycles. The predicted octanol–water partition coefficient (Wildman–Crippen LogP) is 2.89. The SMILES string of the molecule is Cc1n[nH]c(C)c1N=Nc1cccc2cc([S+]([O])(=O)O[NH3+])ccc12. The van der Waals surface area contributed by atoms with Gasteiger partial charge in [0.1, 0.15) is 5.69 Å². The Morgan fingerprint density at radius 2 is 2.00 bits per heavy atom. The van der Waals surface area contributed by atoms with E-state index in [9.17, 15) is 8.76 Å². The lowest BCUT2D eigenvalue weighted by atomic mass is 10.1. The highest BCUT2D eigenvalue weighted by Gasteiger charge is 2.37. The summed E-state index contributed by atoms with van der Waals surface area (Å²) in [7, 11) is -3.84. The van der Waals surface area contributed by atoms with Crippen LogP contribution in [0.2, 0.25) is 0 Å². The van der Waals surface area contributed by atoms with Crippen molar-refractivity contribution in [3.05, 3.63) is 47.8 Å². The summed E-state index contributed by atoms with van der Waals surface area (Å²) in [4.78, 5) is 0.0422. The fourth-order valence-electron chi connectivity index (χ4n) is 2.35. The van der Waals surface area contributed by atoms with Crippen molar-refractivity contribution in [2.75, 3.05) is 0 Å². The highest BCUT2D eigenvalue weighted by Crippen LogP contribution is 2.31. The summed E-state index contributed by atoms with van der Waals surface area (Å²) in [6.45, 7) is 3.71. The van der Waals surface area contributed by atoms with Crippen molar-refractivity contribution in [3.63, 3.8) is 0 Å². The lowest BCUT2D eigenvalue weighted by molar-refractivity contribution is -0.637. The van der Waals surface area contributed by atoms with E-state index in [-0.39, 0.29) is 4.90 Å². The minimum absolute atomic E-state index is 0.0422. The summed E-state index contributed by atoms with van der Waals surface area (Å²) in [5.74, 6) is 2.98. The molecule has 3 aromatic rings. The molecular formula is C15H16N5O3S+2. The Hall–Kier alpha value is -2.46. The molecule has 0 fully saturated rings. The molecule has 4 N–H and O–H groups in total. The van der Waals surface area contributed by atoms with E-state index in [1.54, 1.807) is 18.2 Å². The van der Waals surface area contributed by atoms with Crippen LogP contribution in [-0.4, -0.2) is 10.2 Å². The van der Waals surface area contributed by atoms with Crippen molar-refractivity contribution in [2.45, 2.75) is 18.7 Å². The van der Waals surface area contributed by atoms with Gasteiger partial charge < -0.3 is 0 Å². The molecule has 1 heterocycles. The lowest BCUT2D eigenvalue weighted by Gasteiger charge is -2.02. The van der Waals surface area contributed by atoms with Crippen molar-refractivity contribution in [1.29, 1.82) is 0 Å². The Morgan fingerprint density at radius 1 is 1.21 bits per heavy atom. The molecule has 8 nitrogen and oxygen atoms in total. The topological polar surface area (TPSA) is 127 Å². The van der Waals surface area contributed by atoms with Crippen LogP contribution in [-0.2, 0) is 23.5 Å². The van der Waals surface area contributed by atoms with Crippen LogP contribution in [0, 0.1) is 13.8 Å². The van der Waals surface area contributed by atoms with Gasteiger partial charge in [0.05, 0.1) is 25.9 Å². The van der Waals surface area contributed by atoms with Crippen molar-refractivity contribution >= 4 is 32.6 Å². The van der Waals surface area contributed by atoms with Gasteiger partial charge in [-0.05, 0) is 35.6 Å². The van der Waals surface area contributed by atoms with Crippen molar-refractivity contribution < 1.29 is 18.9 Å². The van der Waals surface area contributed by atoms with Crippen LogP contribution in [0.4, 0.5) is 11.4 Å². The first kappa shape index (κ1) is 16.4. The number of azo groups is 1. The molecule has 1 atom stereocenters. The molecule has 0 aliphatic heterocycles. The fourth-order valence-corrected chi connectivity index (χ4v) is 2.99. The van der Waals surface area contributed by atoms with Crippen molar-refractivity contribution in [3.8, 4) is 0 Å². The van der Waals surface area contributed by atoms with E-state index in [1.807, 2.05) is 19.9 Å². The summed E-state index contributed by atoms with van der Waals surface area (Å²) in [6.07, 6.45) is 0. The molecule has 0 saturated heterocycles. The Labute approximate surface area is 139 Å². The highest BCUT2D eigenvalue weighted by atomic mass is 32.3. The van der Waals surface area contributed by atoms with Crippen LogP contribution in [0.15, 0.2) is 51.5 Å². The molecule has 2 aromatic carbocycles. The van der Waals surface area contributed by atoms with Gasteiger partial charge in [-0.2, -0.15) is 11.0 Å². The predicted molar refractivity (Wildman–Crippen MR) is 87.2 cm³/mol. The van der Waals surface area contributed by atoms with Crippen LogP contribution < -0.4 is 5.90 Å². The first-order valence-corrected chi connectivity index (χ1v) is 8.48. The smallest absolute Gasteiger partial charge is 0.280 e. The maximum atomic E-state index is 11.7. The molecule has 3 rings (SSSR count). The zero-order valence-electron chi connectivity index (χ0n) is 13.1. The van der Waals surface area contributed by atoms with E-state index in [2.05, 4.69) is 30.6 Å². The van der Waals surface area contributed by atoms with Crippen LogP contribution in [0.3, 0.4) is 0 Å². The van der Waals surface area contributed by atoms with Crippen molar-refractivity contribution in [1.82, 2.24) is 10.2 Å². The second-order valence-corrected chi connectivity index (χ2v) is 6.83. The maximum absolute atomic E-state index is 11.7. The monoisotopic (exact) mass is 346 g/mol. The Balaban J connectivity index is 2.05. The first-order valence-electron chi connectivity index (χ1n) is 7.07. The average molecular weight is 346 g/mol. The van der Waals surface area contributed by atoms with Gasteiger partial charge in [0.2, 0.25) is 4.90 Å². The Morgan fingerprint density at radius 3 is 2.67 bits per heavy atom. The quantitative estimate of drug-likeness (QED) is 0.428. The number of fused-ring (bicyclic) bond motifs is 1. The van der Waals surface area contributed by atoms with E-state index >= 15 is 0 Å². The molecule has 0 spiro atoms. The molecular weight excluding hydrogens is 330 g/mol. The number of nitrogens with zero attached hydrogens (tertiary/aromatic N) is 3. The molecule has 1 radical (unpaired) electrons. The molecule has 1 unspecified atom stereocenters. The third-order valence-electron chi connectivity index (χ3n) is 3.62. The van der Waals surface area contributed by atoms with Gasteiger partial charge in [0.15, 0.2) is 0 Å². The molecule has 123 valence electrons. The van der Waals surface area contributed by atoms with E-state index in [0.29, 0.717) is 16.8 Å². The zero-order valence-corrected chi connectivity index (χ0v) is 14.0. The summed E-state index contributed by atoms with van der Waals surface area (Å²) < 4.78 is 27.8. The van der Waals surface area contributed by atoms with Gasteiger partial charge in [-0.15, -0.1) is 10.2 Å². The van der Waals surface area contributed by atoms with Gasteiger partial charge in [0, 0.05) is 17.5 Å². The van der Waals surface area contributed by atoms with Crippen LogP contribution >= 0.6 is 0 Å². The van der Waals surface area contributed by atoms with Gasteiger partial charge in [-0.3, -0.25) is 5.10 Å². The van der Waals surface area contributed by atoms with E-state index < -0.39 is 10.5 Å². The number of rotatable bonds is 4. The number of H-pyrrole nitrogens is 1. The minimum Gasteiger partial charge on any atom is -0.280 e. The van der Waals surface area contributed by atoms with Gasteiger partial charge in [-0.25, -0.2) is 0 Å². The number of benzene rings is 2. The number of aryl methyl sites for hydroxylation is 2. The number of quaternary nitrogens is 1. The third kappa shape index (κ3) is 2.97. The van der Waals surface area contributed by atoms with Gasteiger partial charge in [-0.1, -0.05) is 12.1 Å². The van der Waals surface area contributed by atoms with Crippen LogP contribution in [0.5, 0.6) is 0 Å². The van der Waals surface area contributed by atoms with E-state index in [0.717, 1.165) is 16.8 Å². The summed E-state index contributed by atoms with van der Waals surface area (Å²) in [5.41, 5.74) is 2.92. The molecule has 24 heavy (non-hydrogen) atoms. The standard InChI is InChI=1S/C15H16N5O3S/c1-9-15(10(2)18-17-9)20-19-14-5-3-4-11-8-12(6-7-13(11)14)24(21,22)23-16/h3-8H,1-2,16H3,(H,17,18)/q+2. The minimum atomic E-state index is -3.84. The first-order chi connectivity index (χ1) is 11.4. The molecule has 9 heteroatoms. The molecule has 0 aliphatic rings. The average Bonchev–Trinajstić information content (AvgIpc) is 2.90. The fraction of sp³-hybridized carbons (Fsp3) is 0.133. The number of hydrogen-bond acceptors (Lipinski definition) is 5. The van der Waals surface area contributed by atoms with Crippen molar-refractivity contribution in [2.24, 2.45) is 10.2 Å². The van der Waals surface area contributed by atoms with Crippen LogP contribution in [0.25, 0.3) is 10.8 Å². The largest absolute Gasteiger partial charge is 0.482 e. The summed E-state index contributed by atoms with van der Waals surface area (Å²) >= 11 is 0. The lowest BCUT2D eigenvalue weighted by Crippen LogP contribution is -2.52. The summed E-state index contributed by atoms with van der Waals surface area (Å²) in [5, 5.41) is 17.0. The number of nitrogens with one attached hydrogen (secondary N) is 1. The number of aromatic nitrogens is 2. The second-order valence-electron chi connectivity index (χ2n) is 5.21. The highest BCUT2D eigenvalue weighted by molar-refractivity contribution is 7.92. The maximum Gasteiger partial charge on any atom is 0.482 e. The van der Waals surface area contributed by atoms with Gasteiger partial charge in [0.25, 0.3) is 0 Å². The van der Waals surface area contributed by atoms with Gasteiger partial charge >= 0.3 is 10.5 Å². The molecule has 0 amide bonds.